The number of anilines is 2. The van der Waals surface area contributed by atoms with Crippen molar-refractivity contribution in [1.29, 1.82) is 0 Å². The number of amides is 1. The summed E-state index contributed by atoms with van der Waals surface area (Å²) in [5.74, 6) is 2.27. The second kappa shape index (κ2) is 9.89. The number of fused-ring (bicyclic) bond motifs is 2. The van der Waals surface area contributed by atoms with E-state index in [0.29, 0.717) is 23.2 Å². The molecule has 10 heteroatoms. The van der Waals surface area contributed by atoms with E-state index < -0.39 is 0 Å². The van der Waals surface area contributed by atoms with Crippen molar-refractivity contribution in [3.05, 3.63) is 85.2 Å². The number of likely N-dealkylation sites (tertiary alicyclic amines) is 1. The molecule has 10 nitrogen and oxygen atoms in total. The van der Waals surface area contributed by atoms with Crippen LogP contribution in [0.3, 0.4) is 0 Å². The minimum Gasteiger partial charge on any atom is -0.439 e. The van der Waals surface area contributed by atoms with Crippen LogP contribution in [0.25, 0.3) is 16.6 Å². The fourth-order valence-corrected chi connectivity index (χ4v) is 4.85. The van der Waals surface area contributed by atoms with Crippen molar-refractivity contribution in [3.63, 3.8) is 0 Å². The summed E-state index contributed by atoms with van der Waals surface area (Å²) in [4.78, 5) is 27.1. The lowest BCUT2D eigenvalue weighted by atomic mass is 9.88. The highest BCUT2D eigenvalue weighted by molar-refractivity contribution is 5.91. The Kier molecular flexibility index (Phi) is 6.12. The zero-order valence-corrected chi connectivity index (χ0v) is 20.9. The maximum atomic E-state index is 11.9. The molecule has 5 aromatic rings. The Morgan fingerprint density at radius 1 is 1.08 bits per heavy atom. The van der Waals surface area contributed by atoms with Crippen molar-refractivity contribution in [2.75, 3.05) is 18.4 Å². The molecule has 1 N–H and O–H groups in total. The molecule has 0 unspecified atom stereocenters. The van der Waals surface area contributed by atoms with Gasteiger partial charge in [-0.25, -0.2) is 15.0 Å². The number of nitrogens with zero attached hydrogens (tertiary/aromatic N) is 7. The SMILES string of the molecule is C=CC(=O)N1CCC(c2ccc3ncnc(Nc4ccc(Oc5cc6nncn6cn5)c(C)c4)c3c2)CC1. The number of carbonyl (C=O) groups excluding carboxylic acids is 1. The zero-order chi connectivity index (χ0) is 26.1. The van der Waals surface area contributed by atoms with Gasteiger partial charge in [0, 0.05) is 30.2 Å². The van der Waals surface area contributed by atoms with Crippen LogP contribution >= 0.6 is 0 Å². The maximum Gasteiger partial charge on any atom is 0.245 e. The van der Waals surface area contributed by atoms with E-state index in [1.54, 1.807) is 29.4 Å². The van der Waals surface area contributed by atoms with Crippen LogP contribution in [0, 0.1) is 6.92 Å². The Bertz CT molecular complexity index is 1660. The number of ether oxygens (including phenoxy) is 1. The van der Waals surface area contributed by atoms with Gasteiger partial charge in [-0.15, -0.1) is 10.2 Å². The first kappa shape index (κ1) is 23.5. The van der Waals surface area contributed by atoms with Gasteiger partial charge >= 0.3 is 0 Å². The first-order chi connectivity index (χ1) is 18.6. The number of benzene rings is 2. The number of aryl methyl sites for hydroxylation is 1. The lowest BCUT2D eigenvalue weighted by molar-refractivity contribution is -0.127. The monoisotopic (exact) mass is 506 g/mol. The summed E-state index contributed by atoms with van der Waals surface area (Å²) < 4.78 is 7.72. The second-order valence-corrected chi connectivity index (χ2v) is 9.33. The van der Waals surface area contributed by atoms with E-state index in [9.17, 15) is 4.79 Å². The van der Waals surface area contributed by atoms with Crippen LogP contribution in [-0.4, -0.2) is 53.4 Å². The molecular weight excluding hydrogens is 480 g/mol. The Morgan fingerprint density at radius 3 is 2.76 bits per heavy atom. The highest BCUT2D eigenvalue weighted by atomic mass is 16.5. The summed E-state index contributed by atoms with van der Waals surface area (Å²) in [7, 11) is 0. The van der Waals surface area contributed by atoms with E-state index in [-0.39, 0.29) is 5.91 Å². The average molecular weight is 507 g/mol. The number of hydrogen-bond acceptors (Lipinski definition) is 8. The molecule has 4 heterocycles. The van der Waals surface area contributed by atoms with Crippen LogP contribution in [0.1, 0.15) is 29.9 Å². The highest BCUT2D eigenvalue weighted by Crippen LogP contribution is 2.33. The fraction of sp³-hybridized carbons (Fsp3) is 0.214. The molecule has 1 fully saturated rings. The van der Waals surface area contributed by atoms with Gasteiger partial charge < -0.3 is 15.0 Å². The minimum absolute atomic E-state index is 0.00112. The van der Waals surface area contributed by atoms with Crippen molar-refractivity contribution in [1.82, 2.24) is 34.4 Å². The molecule has 1 aliphatic rings. The van der Waals surface area contributed by atoms with Gasteiger partial charge in [0.1, 0.15) is 30.5 Å². The average Bonchev–Trinajstić information content (AvgIpc) is 3.42. The molecule has 0 saturated carbocycles. The van der Waals surface area contributed by atoms with Crippen LogP contribution in [-0.2, 0) is 4.79 Å². The van der Waals surface area contributed by atoms with E-state index in [2.05, 4.69) is 49.2 Å². The molecule has 0 aliphatic carbocycles. The molecule has 1 saturated heterocycles. The molecule has 0 atom stereocenters. The number of aromatic nitrogens is 6. The minimum atomic E-state index is 0.00112. The lowest BCUT2D eigenvalue weighted by Gasteiger charge is -2.31. The first-order valence-electron chi connectivity index (χ1n) is 12.4. The summed E-state index contributed by atoms with van der Waals surface area (Å²) in [5.41, 5.74) is 4.60. The van der Waals surface area contributed by atoms with Gasteiger partial charge in [0.2, 0.25) is 11.8 Å². The van der Waals surface area contributed by atoms with Gasteiger partial charge in [0.15, 0.2) is 5.65 Å². The predicted octanol–water partition coefficient (Wildman–Crippen LogP) is 4.80. The molecule has 6 rings (SSSR count). The lowest BCUT2D eigenvalue weighted by Crippen LogP contribution is -2.36. The van der Waals surface area contributed by atoms with Crippen molar-refractivity contribution < 1.29 is 9.53 Å². The van der Waals surface area contributed by atoms with E-state index >= 15 is 0 Å². The fourth-order valence-electron chi connectivity index (χ4n) is 4.85. The Hall–Kier alpha value is -4.86. The normalized spacial score (nSPS) is 14.1. The Labute approximate surface area is 219 Å². The number of hydrogen-bond donors (Lipinski definition) is 1. The number of rotatable bonds is 6. The number of nitrogens with one attached hydrogen (secondary N) is 1. The smallest absolute Gasteiger partial charge is 0.245 e. The molecule has 0 spiro atoms. The summed E-state index contributed by atoms with van der Waals surface area (Å²) in [6.45, 7) is 7.06. The maximum absolute atomic E-state index is 11.9. The highest BCUT2D eigenvalue weighted by Gasteiger charge is 2.23. The van der Waals surface area contributed by atoms with Crippen molar-refractivity contribution in [3.8, 4) is 11.6 Å². The third-order valence-electron chi connectivity index (χ3n) is 6.93. The topological polar surface area (TPSA) is 110 Å². The molecule has 3 aromatic heterocycles. The van der Waals surface area contributed by atoms with E-state index in [0.717, 1.165) is 53.9 Å². The largest absolute Gasteiger partial charge is 0.439 e. The van der Waals surface area contributed by atoms with Gasteiger partial charge in [-0.3, -0.25) is 9.20 Å². The van der Waals surface area contributed by atoms with E-state index in [1.165, 1.54) is 11.6 Å². The summed E-state index contributed by atoms with van der Waals surface area (Å²) in [5, 5.41) is 12.3. The second-order valence-electron chi connectivity index (χ2n) is 9.33. The molecule has 190 valence electrons. The molecule has 1 aliphatic heterocycles. The first-order valence-corrected chi connectivity index (χ1v) is 12.4. The number of carbonyl (C=O) groups is 1. The van der Waals surface area contributed by atoms with Crippen molar-refractivity contribution >= 4 is 34.0 Å². The Morgan fingerprint density at radius 2 is 1.95 bits per heavy atom. The molecule has 2 aromatic carbocycles. The van der Waals surface area contributed by atoms with Gasteiger partial charge in [0.05, 0.1) is 5.52 Å². The zero-order valence-electron chi connectivity index (χ0n) is 20.9. The molecule has 0 bridgehead atoms. The number of piperidine rings is 1. The van der Waals surface area contributed by atoms with E-state index in [4.69, 9.17) is 4.74 Å². The standard InChI is InChI=1S/C28H26N8O2/c1-3-27(37)35-10-8-19(9-11-35)20-4-6-23-22(13-20)28(30-15-29-23)33-21-5-7-24(18(2)12-21)38-26-14-25-34-32-17-36(25)16-31-26/h3-7,12-17,19H,1,8-11H2,2H3,(H,29,30,33). The van der Waals surface area contributed by atoms with E-state index in [1.807, 2.05) is 36.1 Å². The Balaban J connectivity index is 1.21. The van der Waals surface area contributed by atoms with Gasteiger partial charge in [-0.05, 0) is 73.2 Å². The van der Waals surface area contributed by atoms with Gasteiger partial charge in [0.25, 0.3) is 0 Å². The third kappa shape index (κ3) is 4.63. The van der Waals surface area contributed by atoms with Crippen LogP contribution < -0.4 is 10.1 Å². The molecular formula is C28H26N8O2. The van der Waals surface area contributed by atoms with Crippen LogP contribution in [0.5, 0.6) is 11.6 Å². The van der Waals surface area contributed by atoms with Gasteiger partial charge in [-0.2, -0.15) is 0 Å². The van der Waals surface area contributed by atoms with Crippen LogP contribution in [0.4, 0.5) is 11.5 Å². The summed E-state index contributed by atoms with van der Waals surface area (Å²) >= 11 is 0. The van der Waals surface area contributed by atoms with Gasteiger partial charge in [-0.1, -0.05) is 12.6 Å². The van der Waals surface area contributed by atoms with Crippen LogP contribution in [0.15, 0.2) is 74.1 Å². The quantitative estimate of drug-likeness (QED) is 0.327. The summed E-state index contributed by atoms with van der Waals surface area (Å²) in [6.07, 6.45) is 8.00. The molecule has 38 heavy (non-hydrogen) atoms. The molecule has 0 radical (unpaired) electrons. The van der Waals surface area contributed by atoms with Crippen LogP contribution in [0.2, 0.25) is 0 Å². The summed E-state index contributed by atoms with van der Waals surface area (Å²) in [6, 6.07) is 13.9. The molecule has 1 amide bonds. The third-order valence-corrected chi connectivity index (χ3v) is 6.93. The predicted molar refractivity (Wildman–Crippen MR) is 144 cm³/mol. The van der Waals surface area contributed by atoms with Crippen molar-refractivity contribution in [2.45, 2.75) is 25.7 Å². The van der Waals surface area contributed by atoms with Crippen molar-refractivity contribution in [2.24, 2.45) is 0 Å².